The topological polar surface area (TPSA) is 43.1 Å². The van der Waals surface area contributed by atoms with Gasteiger partial charge >= 0.3 is 0 Å². The van der Waals surface area contributed by atoms with Crippen LogP contribution in [0.3, 0.4) is 0 Å². The first-order valence-corrected chi connectivity index (χ1v) is 7.66. The first kappa shape index (κ1) is 13.3. The lowest BCUT2D eigenvalue weighted by molar-refractivity contribution is 0.682. The largest absolute Gasteiger partial charge is 0.399 e. The lowest BCUT2D eigenvalue weighted by Gasteiger charge is -2.05. The molecule has 0 amide bonds. The Morgan fingerprint density at radius 1 is 1.17 bits per heavy atom. The summed E-state index contributed by atoms with van der Waals surface area (Å²) >= 11 is 3.39. The Kier molecular flexibility index (Phi) is 4.19. The quantitative estimate of drug-likeness (QED) is 0.876. The van der Waals surface area contributed by atoms with E-state index in [-0.39, 0.29) is 0 Å². The molecule has 0 spiro atoms. The predicted molar refractivity (Wildman–Crippen MR) is 79.8 cm³/mol. The smallest absolute Gasteiger partial charge is 0.0574 e. The number of anilines is 1. The molecule has 94 valence electrons. The van der Waals surface area contributed by atoms with Gasteiger partial charge < -0.3 is 5.73 Å². The van der Waals surface area contributed by atoms with Gasteiger partial charge in [0.05, 0.1) is 16.6 Å². The zero-order valence-corrected chi connectivity index (χ0v) is 12.4. The third-order valence-corrected chi connectivity index (χ3v) is 4.41. The number of hydrogen-bond donors (Lipinski definition) is 1. The van der Waals surface area contributed by atoms with Gasteiger partial charge in [0.1, 0.15) is 0 Å². The van der Waals surface area contributed by atoms with Gasteiger partial charge in [0, 0.05) is 15.1 Å². The Hall–Kier alpha value is -1.13. The van der Waals surface area contributed by atoms with Crippen molar-refractivity contribution in [3.05, 3.63) is 58.1 Å². The van der Waals surface area contributed by atoms with Crippen LogP contribution < -0.4 is 5.73 Å². The van der Waals surface area contributed by atoms with Crippen LogP contribution in [0.4, 0.5) is 5.69 Å². The first-order chi connectivity index (χ1) is 8.54. The minimum atomic E-state index is -1.04. The van der Waals surface area contributed by atoms with E-state index in [0.717, 1.165) is 14.9 Å². The fraction of sp³-hybridized carbons (Fsp3) is 0.143. The molecule has 4 heteroatoms. The van der Waals surface area contributed by atoms with Gasteiger partial charge in [0.2, 0.25) is 0 Å². The summed E-state index contributed by atoms with van der Waals surface area (Å²) in [6, 6.07) is 13.4. The molecule has 0 radical (unpaired) electrons. The van der Waals surface area contributed by atoms with Crippen molar-refractivity contribution in [1.82, 2.24) is 0 Å². The fourth-order valence-corrected chi connectivity index (χ4v) is 3.32. The van der Waals surface area contributed by atoms with E-state index in [2.05, 4.69) is 15.9 Å². The van der Waals surface area contributed by atoms with Gasteiger partial charge in [-0.2, -0.15) is 0 Å². The van der Waals surface area contributed by atoms with Crippen molar-refractivity contribution < 1.29 is 4.21 Å². The van der Waals surface area contributed by atoms with E-state index in [4.69, 9.17) is 5.73 Å². The molecule has 0 heterocycles. The summed E-state index contributed by atoms with van der Waals surface area (Å²) in [6.07, 6.45) is 0. The molecular weight excluding hydrogens is 310 g/mol. The average molecular weight is 324 g/mol. The summed E-state index contributed by atoms with van der Waals surface area (Å²) in [5, 5.41) is 0. The van der Waals surface area contributed by atoms with Crippen LogP contribution in [-0.4, -0.2) is 4.21 Å². The fourth-order valence-electron chi connectivity index (χ4n) is 1.68. The molecule has 2 rings (SSSR count). The molecular formula is C14H14BrNOS. The lowest BCUT2D eigenvalue weighted by Crippen LogP contribution is -1.98. The maximum Gasteiger partial charge on any atom is 0.0574 e. The lowest BCUT2D eigenvalue weighted by atomic mass is 10.2. The summed E-state index contributed by atoms with van der Waals surface area (Å²) in [6.45, 7) is 2.02. The zero-order valence-electron chi connectivity index (χ0n) is 10.0. The summed E-state index contributed by atoms with van der Waals surface area (Å²) in [4.78, 5) is 0.846. The van der Waals surface area contributed by atoms with Crippen molar-refractivity contribution in [2.45, 2.75) is 17.6 Å². The Bertz CT molecular complexity index is 561. The minimum absolute atomic E-state index is 0.479. The van der Waals surface area contributed by atoms with Crippen LogP contribution in [0, 0.1) is 6.92 Å². The van der Waals surface area contributed by atoms with E-state index in [1.54, 1.807) is 0 Å². The molecule has 2 aromatic carbocycles. The zero-order chi connectivity index (χ0) is 13.1. The highest BCUT2D eigenvalue weighted by atomic mass is 79.9. The van der Waals surface area contributed by atoms with Crippen LogP contribution in [-0.2, 0) is 16.6 Å². The van der Waals surface area contributed by atoms with E-state index in [1.807, 2.05) is 49.4 Å². The molecule has 0 aliphatic carbocycles. The van der Waals surface area contributed by atoms with Crippen molar-refractivity contribution in [3.8, 4) is 0 Å². The average Bonchev–Trinajstić information content (AvgIpc) is 2.28. The molecule has 0 aliphatic heterocycles. The van der Waals surface area contributed by atoms with Gasteiger partial charge in [0.25, 0.3) is 0 Å². The predicted octanol–water partition coefficient (Wildman–Crippen LogP) is 3.65. The molecule has 0 aromatic heterocycles. The molecule has 0 bridgehead atoms. The second-order valence-corrected chi connectivity index (χ2v) is 6.56. The van der Waals surface area contributed by atoms with E-state index in [0.29, 0.717) is 11.4 Å². The molecule has 0 saturated heterocycles. The van der Waals surface area contributed by atoms with Crippen LogP contribution >= 0.6 is 15.9 Å². The van der Waals surface area contributed by atoms with Crippen molar-refractivity contribution in [2.75, 3.05) is 5.73 Å². The Labute approximate surface area is 118 Å². The standard InChI is InChI=1S/C14H14BrNOS/c1-10-2-4-14(5-3-10)18(17)9-11-6-12(15)8-13(16)7-11/h2-8H,9,16H2,1H3. The van der Waals surface area contributed by atoms with Crippen LogP contribution in [0.15, 0.2) is 51.8 Å². The summed E-state index contributed by atoms with van der Waals surface area (Å²) in [5.41, 5.74) is 8.59. The van der Waals surface area contributed by atoms with Gasteiger partial charge in [-0.05, 0) is 42.8 Å². The number of nitrogens with two attached hydrogens (primary N) is 1. The molecule has 1 unspecified atom stereocenters. The molecule has 0 aliphatic rings. The molecule has 1 atom stereocenters. The first-order valence-electron chi connectivity index (χ1n) is 5.54. The van der Waals surface area contributed by atoms with Crippen molar-refractivity contribution in [1.29, 1.82) is 0 Å². The van der Waals surface area contributed by atoms with Crippen molar-refractivity contribution >= 4 is 32.4 Å². The van der Waals surface area contributed by atoms with Crippen molar-refractivity contribution in [3.63, 3.8) is 0 Å². The third-order valence-electron chi connectivity index (χ3n) is 2.56. The number of aryl methyl sites for hydroxylation is 1. The molecule has 2 N–H and O–H groups in total. The second kappa shape index (κ2) is 5.67. The van der Waals surface area contributed by atoms with Gasteiger partial charge in [-0.15, -0.1) is 0 Å². The van der Waals surface area contributed by atoms with E-state index in [1.165, 1.54) is 5.56 Å². The van der Waals surface area contributed by atoms with Gasteiger partial charge in [-0.25, -0.2) is 0 Å². The Balaban J connectivity index is 2.18. The molecule has 2 nitrogen and oxygen atoms in total. The number of benzene rings is 2. The van der Waals surface area contributed by atoms with Crippen LogP contribution in [0.5, 0.6) is 0 Å². The third kappa shape index (κ3) is 3.43. The van der Waals surface area contributed by atoms with E-state index < -0.39 is 10.8 Å². The normalized spacial score (nSPS) is 12.3. The second-order valence-electron chi connectivity index (χ2n) is 4.20. The SMILES string of the molecule is Cc1ccc(S(=O)Cc2cc(N)cc(Br)c2)cc1. The number of nitrogen functional groups attached to an aromatic ring is 1. The minimum Gasteiger partial charge on any atom is -0.399 e. The summed E-state index contributed by atoms with van der Waals surface area (Å²) in [5.74, 6) is 0.479. The number of halogens is 1. The highest BCUT2D eigenvalue weighted by Gasteiger charge is 2.06. The molecule has 0 fully saturated rings. The van der Waals surface area contributed by atoms with Crippen LogP contribution in [0.25, 0.3) is 0 Å². The van der Waals surface area contributed by atoms with Crippen LogP contribution in [0.2, 0.25) is 0 Å². The van der Waals surface area contributed by atoms with Crippen molar-refractivity contribution in [2.24, 2.45) is 0 Å². The Morgan fingerprint density at radius 2 is 1.83 bits per heavy atom. The van der Waals surface area contributed by atoms with Crippen LogP contribution in [0.1, 0.15) is 11.1 Å². The van der Waals surface area contributed by atoms with E-state index in [9.17, 15) is 4.21 Å². The maximum absolute atomic E-state index is 12.2. The van der Waals surface area contributed by atoms with Gasteiger partial charge in [-0.3, -0.25) is 4.21 Å². The molecule has 2 aromatic rings. The monoisotopic (exact) mass is 323 g/mol. The number of hydrogen-bond acceptors (Lipinski definition) is 2. The number of rotatable bonds is 3. The maximum atomic E-state index is 12.2. The highest BCUT2D eigenvalue weighted by molar-refractivity contribution is 9.10. The molecule has 18 heavy (non-hydrogen) atoms. The molecule has 0 saturated carbocycles. The summed E-state index contributed by atoms with van der Waals surface area (Å²) in [7, 11) is -1.04. The van der Waals surface area contributed by atoms with Gasteiger partial charge in [-0.1, -0.05) is 33.6 Å². The van der Waals surface area contributed by atoms with E-state index >= 15 is 0 Å². The highest BCUT2D eigenvalue weighted by Crippen LogP contribution is 2.20. The summed E-state index contributed by atoms with van der Waals surface area (Å²) < 4.78 is 13.1. The van der Waals surface area contributed by atoms with Gasteiger partial charge in [0.15, 0.2) is 0 Å². The Morgan fingerprint density at radius 3 is 2.44 bits per heavy atom.